The molecule has 1 unspecified atom stereocenters. The van der Waals surface area contributed by atoms with Gasteiger partial charge in [0.05, 0.1) is 11.8 Å². The van der Waals surface area contributed by atoms with E-state index in [0.717, 1.165) is 0 Å². The van der Waals surface area contributed by atoms with E-state index in [1.165, 1.54) is 24.4 Å². The van der Waals surface area contributed by atoms with Crippen LogP contribution in [0.4, 0.5) is 13.2 Å². The van der Waals surface area contributed by atoms with E-state index in [1.807, 2.05) is 6.92 Å². The lowest BCUT2D eigenvalue weighted by Gasteiger charge is -2.20. The molecule has 1 atom stereocenters. The van der Waals surface area contributed by atoms with Crippen LogP contribution >= 0.6 is 12.2 Å². The molecule has 0 radical (unpaired) electrons. The van der Waals surface area contributed by atoms with Crippen LogP contribution in [0.2, 0.25) is 0 Å². The lowest BCUT2D eigenvalue weighted by Crippen LogP contribution is -2.23. The van der Waals surface area contributed by atoms with E-state index >= 15 is 0 Å². The van der Waals surface area contributed by atoms with Crippen molar-refractivity contribution < 1.29 is 17.6 Å². The first-order chi connectivity index (χ1) is 10.3. The molecular weight excluding hydrogens is 315 g/mol. The molecule has 22 heavy (non-hydrogen) atoms. The minimum absolute atomic E-state index is 0.0135. The minimum atomic E-state index is -4.42. The Bertz CT molecular complexity index is 659. The van der Waals surface area contributed by atoms with Crippen LogP contribution in [0.3, 0.4) is 0 Å². The van der Waals surface area contributed by atoms with Gasteiger partial charge in [-0.3, -0.25) is 5.43 Å². The number of allylic oxidation sites excluding steroid dienone is 4. The van der Waals surface area contributed by atoms with E-state index in [0.29, 0.717) is 12.2 Å². The van der Waals surface area contributed by atoms with E-state index in [9.17, 15) is 13.2 Å². The Balaban J connectivity index is 2.26. The van der Waals surface area contributed by atoms with E-state index in [4.69, 9.17) is 10.2 Å². The van der Waals surface area contributed by atoms with Crippen molar-refractivity contribution in [3.05, 3.63) is 41.4 Å². The Kier molecular flexibility index (Phi) is 4.70. The molecule has 0 bridgehead atoms. The largest absolute Gasteiger partial charge is 0.455 e. The smallest absolute Gasteiger partial charge is 0.416 e. The predicted molar refractivity (Wildman–Crippen MR) is 82.1 cm³/mol. The van der Waals surface area contributed by atoms with Gasteiger partial charge in [-0.15, -0.1) is 0 Å². The number of hydrogen-bond acceptors (Lipinski definition) is 3. The van der Waals surface area contributed by atoms with Gasteiger partial charge in [-0.1, -0.05) is 19.1 Å². The summed E-state index contributed by atoms with van der Waals surface area (Å²) in [5.41, 5.74) is 6.90. The number of hydrogen-bond donors (Lipinski definition) is 2. The number of nitrogens with two attached hydrogens (primary N) is 1. The topological polar surface area (TPSA) is 63.5 Å². The normalized spacial score (nSPS) is 19.0. The lowest BCUT2D eigenvalue weighted by molar-refractivity contribution is -0.0876. The first-order valence-corrected chi connectivity index (χ1v) is 6.86. The van der Waals surface area contributed by atoms with Crippen molar-refractivity contribution in [2.45, 2.75) is 19.5 Å². The monoisotopic (exact) mass is 329 g/mol. The molecule has 0 fully saturated rings. The van der Waals surface area contributed by atoms with Crippen LogP contribution in [-0.2, 0) is 0 Å². The molecule has 8 heteroatoms. The quantitative estimate of drug-likeness (QED) is 0.507. The van der Waals surface area contributed by atoms with Crippen molar-refractivity contribution in [1.82, 2.24) is 5.43 Å². The van der Waals surface area contributed by atoms with Gasteiger partial charge in [0.2, 0.25) is 0 Å². The van der Waals surface area contributed by atoms with Crippen LogP contribution in [0.25, 0.3) is 5.57 Å². The summed E-state index contributed by atoms with van der Waals surface area (Å²) in [5, 5.41) is 3.67. The Morgan fingerprint density at radius 3 is 2.86 bits per heavy atom. The molecule has 2 rings (SSSR count). The van der Waals surface area contributed by atoms with Gasteiger partial charge in [-0.2, -0.15) is 18.3 Å². The van der Waals surface area contributed by atoms with Crippen molar-refractivity contribution in [2.24, 2.45) is 16.8 Å². The number of nitrogens with one attached hydrogen (secondary N) is 1. The molecule has 1 aromatic rings. The van der Waals surface area contributed by atoms with Crippen LogP contribution in [0.1, 0.15) is 24.9 Å². The zero-order chi connectivity index (χ0) is 16.3. The van der Waals surface area contributed by atoms with Crippen molar-refractivity contribution in [3.63, 3.8) is 0 Å². The number of halogens is 3. The van der Waals surface area contributed by atoms with E-state index in [-0.39, 0.29) is 22.4 Å². The number of rotatable bonds is 3. The first kappa shape index (κ1) is 16.3. The number of nitrogens with zero attached hydrogens (tertiary/aromatic N) is 1. The fraction of sp³-hybridized carbons (Fsp3) is 0.286. The highest BCUT2D eigenvalue weighted by Crippen LogP contribution is 2.40. The third-order valence-electron chi connectivity index (χ3n) is 3.00. The maximum Gasteiger partial charge on any atom is 0.416 e. The number of alkyl halides is 3. The minimum Gasteiger partial charge on any atom is -0.455 e. The van der Waals surface area contributed by atoms with E-state index < -0.39 is 11.7 Å². The molecular formula is C14H14F3N3OS. The standard InChI is InChI=1S/C14H14F3N3OS/c1-8-2-4-11(14(15,16)17)10(6-8)12-5-3-9(21-12)7-19-20-13(18)22/h3-8H,2H2,1H3,(H3,18,20,22)/b19-7+. The summed E-state index contributed by atoms with van der Waals surface area (Å²) < 4.78 is 44.7. The molecule has 0 aliphatic heterocycles. The summed E-state index contributed by atoms with van der Waals surface area (Å²) in [6.07, 6.45) is -0.0154. The molecule has 1 aliphatic rings. The molecule has 1 aromatic heterocycles. The first-order valence-electron chi connectivity index (χ1n) is 6.45. The van der Waals surface area contributed by atoms with Gasteiger partial charge in [-0.25, -0.2) is 0 Å². The van der Waals surface area contributed by atoms with Crippen molar-refractivity contribution in [2.75, 3.05) is 0 Å². The number of hydrazone groups is 1. The van der Waals surface area contributed by atoms with E-state index in [2.05, 4.69) is 22.7 Å². The zero-order valence-electron chi connectivity index (χ0n) is 11.6. The maximum atomic E-state index is 13.1. The van der Waals surface area contributed by atoms with Gasteiger partial charge in [0.1, 0.15) is 11.5 Å². The molecule has 3 N–H and O–H groups in total. The molecule has 0 aromatic carbocycles. The second-order valence-corrected chi connectivity index (χ2v) is 5.28. The Hall–Kier alpha value is -2.09. The molecule has 0 saturated carbocycles. The maximum absolute atomic E-state index is 13.1. The fourth-order valence-corrected chi connectivity index (χ4v) is 2.12. The average molecular weight is 329 g/mol. The Morgan fingerprint density at radius 2 is 2.23 bits per heavy atom. The lowest BCUT2D eigenvalue weighted by atomic mass is 9.90. The molecule has 118 valence electrons. The van der Waals surface area contributed by atoms with Crippen molar-refractivity contribution >= 4 is 29.1 Å². The predicted octanol–water partition coefficient (Wildman–Crippen LogP) is 3.36. The summed E-state index contributed by atoms with van der Waals surface area (Å²) in [4.78, 5) is 0. The third kappa shape index (κ3) is 3.97. The highest BCUT2D eigenvalue weighted by atomic mass is 32.1. The fourth-order valence-electron chi connectivity index (χ4n) is 2.07. The van der Waals surface area contributed by atoms with Gasteiger partial charge in [0, 0.05) is 5.57 Å². The second-order valence-electron chi connectivity index (χ2n) is 4.85. The zero-order valence-corrected chi connectivity index (χ0v) is 12.5. The van der Waals surface area contributed by atoms with E-state index in [1.54, 1.807) is 6.08 Å². The number of furan rings is 1. The van der Waals surface area contributed by atoms with Crippen molar-refractivity contribution in [3.8, 4) is 0 Å². The molecule has 4 nitrogen and oxygen atoms in total. The molecule has 1 heterocycles. The van der Waals surface area contributed by atoms with Crippen LogP contribution < -0.4 is 11.2 Å². The SMILES string of the molecule is CC1C=C(c2ccc(/C=N/NC(N)=S)o2)C(C(F)(F)F)=CC1. The van der Waals surface area contributed by atoms with Crippen LogP contribution in [0, 0.1) is 5.92 Å². The molecule has 0 saturated heterocycles. The molecule has 1 aliphatic carbocycles. The average Bonchev–Trinajstić information content (AvgIpc) is 2.85. The summed E-state index contributed by atoms with van der Waals surface area (Å²) in [7, 11) is 0. The highest BCUT2D eigenvalue weighted by molar-refractivity contribution is 7.80. The van der Waals surface area contributed by atoms with Gasteiger partial charge in [0.15, 0.2) is 5.11 Å². The molecule has 0 amide bonds. The van der Waals surface area contributed by atoms with Crippen LogP contribution in [0.15, 0.2) is 39.4 Å². The summed E-state index contributed by atoms with van der Waals surface area (Å²) in [6.45, 7) is 1.85. The summed E-state index contributed by atoms with van der Waals surface area (Å²) in [5.74, 6) is 0.450. The Labute approximate surface area is 130 Å². The highest BCUT2D eigenvalue weighted by Gasteiger charge is 2.38. The third-order valence-corrected chi connectivity index (χ3v) is 3.09. The van der Waals surface area contributed by atoms with Gasteiger partial charge >= 0.3 is 6.18 Å². The summed E-state index contributed by atoms with van der Waals surface area (Å²) >= 11 is 4.57. The second kappa shape index (κ2) is 6.35. The molecule has 0 spiro atoms. The Morgan fingerprint density at radius 1 is 1.50 bits per heavy atom. The van der Waals surface area contributed by atoms with Gasteiger partial charge < -0.3 is 10.2 Å². The van der Waals surface area contributed by atoms with Crippen molar-refractivity contribution in [1.29, 1.82) is 0 Å². The van der Waals surface area contributed by atoms with Gasteiger partial charge in [0.25, 0.3) is 0 Å². The van der Waals surface area contributed by atoms with Gasteiger partial charge in [-0.05, 0) is 36.7 Å². The van der Waals surface area contributed by atoms with Crippen LogP contribution in [-0.4, -0.2) is 17.5 Å². The van der Waals surface area contributed by atoms with Crippen LogP contribution in [0.5, 0.6) is 0 Å². The number of thiocarbonyl (C=S) groups is 1. The summed E-state index contributed by atoms with van der Waals surface area (Å²) in [6, 6.07) is 3.00.